The second-order valence-corrected chi connectivity index (χ2v) is 25.0. The van der Waals surface area contributed by atoms with Crippen LogP contribution in [0, 0.1) is 0 Å². The van der Waals surface area contributed by atoms with E-state index in [1.54, 1.807) is 12.1 Å². The molecule has 4 aromatic heterocycles. The number of rotatable bonds is 35. The Bertz CT molecular complexity index is 3080. The van der Waals surface area contributed by atoms with Crippen LogP contribution in [0.15, 0.2) is 120 Å². The van der Waals surface area contributed by atoms with E-state index < -0.39 is 0 Å². The van der Waals surface area contributed by atoms with Gasteiger partial charge in [-0.15, -0.1) is 22.7 Å². The Hall–Kier alpha value is -6.32. The van der Waals surface area contributed by atoms with Crippen molar-refractivity contribution in [3.05, 3.63) is 120 Å². The molecule has 0 spiro atoms. The summed E-state index contributed by atoms with van der Waals surface area (Å²) in [5, 5.41) is 9.12. The number of piperazine rings is 2. The topological polar surface area (TPSA) is 110 Å². The third kappa shape index (κ3) is 18.6. The van der Waals surface area contributed by atoms with Crippen molar-refractivity contribution in [2.45, 2.75) is 141 Å². The van der Waals surface area contributed by atoms with Gasteiger partial charge in [-0.2, -0.15) is 0 Å². The molecule has 0 atom stereocenters. The molecular weight excluding hydrogens is 1080 g/mol. The highest BCUT2D eigenvalue weighted by molar-refractivity contribution is 7.17. The van der Waals surface area contributed by atoms with Gasteiger partial charge in [0.15, 0.2) is 0 Å². The van der Waals surface area contributed by atoms with Gasteiger partial charge in [-0.3, -0.25) is 19.4 Å². The molecule has 14 heteroatoms. The molecule has 0 unspecified atom stereocenters. The third-order valence-corrected chi connectivity index (χ3v) is 18.6. The maximum absolute atomic E-state index is 12.7. The standard InChI is InChI=1S/C70H88N6O6S2/c77-69(81-67-35-31-55-29-33-57(53-61(55)71-67)79-49-19-17-39-73-41-45-75(46-42-73)63-23-21-25-65-59(63)37-51-83-65)27-15-13-11-9-7-5-3-1-2-4-6-8-10-12-14-16-28-70(78)82-68-36-32-56-30-34-58(54-62(56)72-68)80-50-20-18-40-74-43-47-76(48-44-74)64-24-22-26-66-60(64)38-52-84-66/h21-26,29-38,51-54H,1-20,27-28,39-50H2. The van der Waals surface area contributed by atoms with Gasteiger partial charge in [0.05, 0.1) is 24.2 Å². The van der Waals surface area contributed by atoms with E-state index in [0.717, 1.165) is 163 Å². The summed E-state index contributed by atoms with van der Waals surface area (Å²) in [4.78, 5) is 44.9. The first-order valence-electron chi connectivity index (χ1n) is 31.8. The summed E-state index contributed by atoms with van der Waals surface area (Å²) in [6, 6.07) is 37.2. The average molecular weight is 1170 g/mol. The first kappa shape index (κ1) is 60.8. The predicted molar refractivity (Wildman–Crippen MR) is 348 cm³/mol. The van der Waals surface area contributed by atoms with Crippen molar-refractivity contribution < 1.29 is 28.5 Å². The van der Waals surface area contributed by atoms with Gasteiger partial charge in [0.25, 0.3) is 0 Å². The van der Waals surface area contributed by atoms with Crippen molar-refractivity contribution in [3.8, 4) is 23.3 Å². The number of hydrogen-bond acceptors (Lipinski definition) is 14. The van der Waals surface area contributed by atoms with E-state index in [1.165, 1.54) is 95.8 Å². The van der Waals surface area contributed by atoms with Crippen LogP contribution in [-0.4, -0.2) is 110 Å². The number of hydrogen-bond donors (Lipinski definition) is 0. The highest BCUT2D eigenvalue weighted by atomic mass is 32.1. The first-order chi connectivity index (χ1) is 41.5. The zero-order chi connectivity index (χ0) is 57.4. The van der Waals surface area contributed by atoms with Gasteiger partial charge in [-0.25, -0.2) is 9.97 Å². The Morgan fingerprint density at radius 2 is 0.786 bits per heavy atom. The number of ether oxygens (including phenoxy) is 4. The monoisotopic (exact) mass is 1170 g/mol. The number of thiophene rings is 2. The second kappa shape index (κ2) is 32.8. The summed E-state index contributed by atoms with van der Waals surface area (Å²) in [5.41, 5.74) is 4.28. The molecule has 446 valence electrons. The van der Waals surface area contributed by atoms with Crippen LogP contribution in [-0.2, 0) is 9.59 Å². The highest BCUT2D eigenvalue weighted by Crippen LogP contribution is 2.33. The van der Waals surface area contributed by atoms with E-state index in [-0.39, 0.29) is 11.9 Å². The SMILES string of the molecule is O=C(CCCCCCCCCCCCCCCCCCC(=O)Oc1ccc2ccc(OCCCCN3CCN(c4cccc5sccc45)CC3)cc2n1)Oc1ccc2ccc(OCCCCN3CCN(c4cccc5sccc45)CC3)cc2n1. The van der Waals surface area contributed by atoms with Crippen LogP contribution >= 0.6 is 22.7 Å². The smallest absolute Gasteiger partial charge is 0.312 e. The van der Waals surface area contributed by atoms with Crippen LogP contribution in [0.5, 0.6) is 23.3 Å². The maximum atomic E-state index is 12.7. The van der Waals surface area contributed by atoms with Crippen molar-refractivity contribution in [3.63, 3.8) is 0 Å². The van der Waals surface area contributed by atoms with E-state index >= 15 is 0 Å². The zero-order valence-corrected chi connectivity index (χ0v) is 51.2. The van der Waals surface area contributed by atoms with Crippen LogP contribution in [0.3, 0.4) is 0 Å². The molecule has 0 bridgehead atoms. The third-order valence-electron chi connectivity index (χ3n) is 16.9. The molecule has 0 saturated carbocycles. The lowest BCUT2D eigenvalue weighted by Crippen LogP contribution is -2.46. The number of pyridine rings is 2. The molecule has 2 fully saturated rings. The quantitative estimate of drug-likeness (QED) is 0.0279. The van der Waals surface area contributed by atoms with Crippen molar-refractivity contribution >= 4 is 88.0 Å². The second-order valence-electron chi connectivity index (χ2n) is 23.1. The molecule has 0 radical (unpaired) electrons. The Labute approximate surface area is 506 Å². The van der Waals surface area contributed by atoms with Crippen LogP contribution in [0.1, 0.15) is 141 Å². The number of carbonyl (C=O) groups is 2. The maximum Gasteiger partial charge on any atom is 0.312 e. The fraction of sp³-hybridized carbons (Fsp3) is 0.486. The number of aromatic nitrogens is 2. The molecule has 0 N–H and O–H groups in total. The summed E-state index contributed by atoms with van der Waals surface area (Å²) in [6.45, 7) is 12.1. The first-order valence-corrected chi connectivity index (χ1v) is 33.6. The lowest BCUT2D eigenvalue weighted by atomic mass is 10.0. The highest BCUT2D eigenvalue weighted by Gasteiger charge is 2.21. The zero-order valence-electron chi connectivity index (χ0n) is 49.5. The van der Waals surface area contributed by atoms with Gasteiger partial charge in [-0.05, 0) is 135 Å². The van der Waals surface area contributed by atoms with Gasteiger partial charge in [0, 0.05) is 132 Å². The number of esters is 2. The van der Waals surface area contributed by atoms with Gasteiger partial charge >= 0.3 is 11.9 Å². The van der Waals surface area contributed by atoms with E-state index in [1.807, 2.05) is 71.2 Å². The number of carbonyl (C=O) groups excluding carboxylic acids is 2. The van der Waals surface area contributed by atoms with Crippen LogP contribution < -0.4 is 28.7 Å². The number of benzene rings is 4. The molecule has 0 amide bonds. The normalized spacial score (nSPS) is 14.3. The minimum absolute atomic E-state index is 0.217. The largest absolute Gasteiger partial charge is 0.494 e. The molecule has 0 aliphatic carbocycles. The molecule has 2 aliphatic heterocycles. The Morgan fingerprint density at radius 1 is 0.405 bits per heavy atom. The Morgan fingerprint density at radius 3 is 1.19 bits per heavy atom. The minimum atomic E-state index is -0.217. The van der Waals surface area contributed by atoms with Gasteiger partial charge in [0.2, 0.25) is 11.8 Å². The van der Waals surface area contributed by atoms with E-state index in [9.17, 15) is 9.59 Å². The summed E-state index contributed by atoms with van der Waals surface area (Å²) in [6.07, 6.45) is 23.9. The van der Waals surface area contributed by atoms with E-state index in [2.05, 4.69) is 88.9 Å². The summed E-state index contributed by atoms with van der Waals surface area (Å²) in [7, 11) is 0. The number of unbranched alkanes of at least 4 members (excludes halogenated alkanes) is 17. The van der Waals surface area contributed by atoms with Gasteiger partial charge in [0.1, 0.15) is 11.5 Å². The summed E-state index contributed by atoms with van der Waals surface area (Å²) >= 11 is 3.63. The summed E-state index contributed by atoms with van der Waals surface area (Å²) in [5.74, 6) is 1.85. The Kier molecular flexibility index (Phi) is 23.8. The molecule has 4 aromatic carbocycles. The lowest BCUT2D eigenvalue weighted by molar-refractivity contribution is -0.135. The Balaban J connectivity index is 0.483. The minimum Gasteiger partial charge on any atom is -0.494 e. The van der Waals surface area contributed by atoms with Crippen molar-refractivity contribution in [2.24, 2.45) is 0 Å². The lowest BCUT2D eigenvalue weighted by Gasteiger charge is -2.36. The molecule has 10 rings (SSSR count). The fourth-order valence-corrected chi connectivity index (χ4v) is 13.6. The number of nitrogens with zero attached hydrogens (tertiary/aromatic N) is 6. The van der Waals surface area contributed by atoms with Crippen LogP contribution in [0.25, 0.3) is 42.0 Å². The average Bonchev–Trinajstić information content (AvgIpc) is 3.95. The van der Waals surface area contributed by atoms with Gasteiger partial charge in [-0.1, -0.05) is 102 Å². The summed E-state index contributed by atoms with van der Waals surface area (Å²) < 4.78 is 26.3. The van der Waals surface area contributed by atoms with Gasteiger partial charge < -0.3 is 28.7 Å². The molecule has 84 heavy (non-hydrogen) atoms. The predicted octanol–water partition coefficient (Wildman–Crippen LogP) is 16.7. The molecule has 2 aliphatic rings. The van der Waals surface area contributed by atoms with E-state index in [0.29, 0.717) is 37.8 Å². The number of fused-ring (bicyclic) bond motifs is 4. The molecular formula is C70H88N6O6S2. The molecule has 8 aromatic rings. The van der Waals surface area contributed by atoms with Crippen LogP contribution in [0.2, 0.25) is 0 Å². The van der Waals surface area contributed by atoms with Crippen molar-refractivity contribution in [1.82, 2.24) is 19.8 Å². The van der Waals surface area contributed by atoms with E-state index in [4.69, 9.17) is 18.9 Å². The van der Waals surface area contributed by atoms with Crippen molar-refractivity contribution in [2.75, 3.05) is 88.5 Å². The fourth-order valence-electron chi connectivity index (χ4n) is 12.0. The van der Waals surface area contributed by atoms with Crippen LogP contribution in [0.4, 0.5) is 11.4 Å². The molecule has 12 nitrogen and oxygen atoms in total. The molecule has 6 heterocycles. The molecule has 2 saturated heterocycles. The van der Waals surface area contributed by atoms with Crippen molar-refractivity contribution in [1.29, 1.82) is 0 Å². The number of anilines is 2.